The summed E-state index contributed by atoms with van der Waals surface area (Å²) in [5.41, 5.74) is 6.18. The van der Waals surface area contributed by atoms with E-state index in [0.29, 0.717) is 0 Å². The van der Waals surface area contributed by atoms with Gasteiger partial charge in [0.2, 0.25) is 0 Å². The summed E-state index contributed by atoms with van der Waals surface area (Å²) in [6.45, 7) is 0. The Balaban J connectivity index is 0.000000217. The van der Waals surface area contributed by atoms with Gasteiger partial charge in [0, 0.05) is 5.69 Å². The van der Waals surface area contributed by atoms with Gasteiger partial charge in [-0.3, -0.25) is 0 Å². The quantitative estimate of drug-likeness (QED) is 0.349. The van der Waals surface area contributed by atoms with E-state index in [4.69, 9.17) is 25.0 Å². The monoisotopic (exact) mass is 191 g/mol. The second-order valence-electron chi connectivity index (χ2n) is 1.92. The van der Waals surface area contributed by atoms with E-state index in [1.807, 2.05) is 30.3 Å². The molecule has 1 rings (SSSR count). The highest BCUT2D eigenvalue weighted by Crippen LogP contribution is 2.25. The normalized spacial score (nSPS) is 9.92. The molecule has 5 N–H and O–H groups in total. The Morgan fingerprint density at radius 1 is 1.08 bits per heavy atom. The maximum absolute atomic E-state index is 8.88. The second kappa shape index (κ2) is 4.90. The number of anilines is 1. The van der Waals surface area contributed by atoms with Crippen LogP contribution in [0.25, 0.3) is 0 Å². The molecule has 68 valence electrons. The van der Waals surface area contributed by atoms with Crippen LogP contribution in [0.3, 0.4) is 0 Å². The van der Waals surface area contributed by atoms with Crippen LogP contribution in [-0.2, 0) is 4.57 Å². The molecule has 0 atom stereocenters. The van der Waals surface area contributed by atoms with Crippen molar-refractivity contribution in [1.82, 2.24) is 0 Å². The van der Waals surface area contributed by atoms with Crippen molar-refractivity contribution >= 4 is 13.5 Å². The van der Waals surface area contributed by atoms with Gasteiger partial charge in [-0.1, -0.05) is 18.2 Å². The highest BCUT2D eigenvalue weighted by molar-refractivity contribution is 7.45. The molecule has 0 aliphatic heterocycles. The van der Waals surface area contributed by atoms with Crippen LogP contribution < -0.4 is 5.73 Å². The molecule has 0 fully saturated rings. The summed E-state index contributed by atoms with van der Waals surface area (Å²) < 4.78 is 8.88. The largest absolute Gasteiger partial charge is 0.466 e. The number of nitrogen functional groups attached to an aromatic ring is 1. The molecule has 0 saturated carbocycles. The number of para-hydroxylation sites is 1. The zero-order chi connectivity index (χ0) is 9.61. The zero-order valence-electron chi connectivity index (χ0n) is 6.16. The van der Waals surface area contributed by atoms with Gasteiger partial charge in [0.05, 0.1) is 0 Å². The molecular formula is C6H10NO4P. The first-order valence-electron chi connectivity index (χ1n) is 2.98. The number of benzene rings is 1. The molecule has 12 heavy (non-hydrogen) atoms. The number of nitrogens with two attached hydrogens (primary N) is 1. The first-order valence-corrected chi connectivity index (χ1v) is 4.55. The van der Waals surface area contributed by atoms with Crippen molar-refractivity contribution in [2.45, 2.75) is 0 Å². The summed E-state index contributed by atoms with van der Waals surface area (Å²) in [5.74, 6) is 0. The number of hydrogen-bond acceptors (Lipinski definition) is 2. The van der Waals surface area contributed by atoms with Crippen molar-refractivity contribution in [2.24, 2.45) is 0 Å². The van der Waals surface area contributed by atoms with Crippen LogP contribution >= 0.6 is 7.82 Å². The molecule has 0 heterocycles. The van der Waals surface area contributed by atoms with Gasteiger partial charge in [-0.2, -0.15) is 0 Å². The average Bonchev–Trinajstić information content (AvgIpc) is 1.85. The van der Waals surface area contributed by atoms with Gasteiger partial charge in [-0.05, 0) is 12.1 Å². The highest BCUT2D eigenvalue weighted by Gasteiger charge is 2.00. The Labute approximate surface area is 69.7 Å². The van der Waals surface area contributed by atoms with E-state index in [1.54, 1.807) is 0 Å². The Kier molecular flexibility index (Phi) is 4.54. The van der Waals surface area contributed by atoms with E-state index in [1.165, 1.54) is 0 Å². The molecule has 0 radical (unpaired) electrons. The third-order valence-corrected chi connectivity index (χ3v) is 0.800. The van der Waals surface area contributed by atoms with Gasteiger partial charge >= 0.3 is 7.82 Å². The predicted octanol–water partition coefficient (Wildman–Crippen LogP) is 0.340. The van der Waals surface area contributed by atoms with Gasteiger partial charge in [-0.15, -0.1) is 0 Å². The molecule has 0 aliphatic carbocycles. The predicted molar refractivity (Wildman–Crippen MR) is 45.1 cm³/mol. The maximum Gasteiger partial charge on any atom is 0.466 e. The van der Waals surface area contributed by atoms with Gasteiger partial charge in [-0.25, -0.2) is 4.57 Å². The van der Waals surface area contributed by atoms with Crippen LogP contribution in [-0.4, -0.2) is 14.7 Å². The molecule has 6 heteroatoms. The molecule has 1 aromatic rings. The third kappa shape index (κ3) is 11.9. The number of rotatable bonds is 0. The molecule has 1 aromatic carbocycles. The Bertz CT molecular complexity index is 249. The summed E-state index contributed by atoms with van der Waals surface area (Å²) in [4.78, 5) is 21.6. The molecule has 0 saturated heterocycles. The minimum atomic E-state index is -4.64. The van der Waals surface area contributed by atoms with Crippen molar-refractivity contribution in [2.75, 3.05) is 5.73 Å². The third-order valence-electron chi connectivity index (χ3n) is 0.800. The topological polar surface area (TPSA) is 104 Å². The first-order chi connectivity index (χ1) is 5.39. The molecule has 5 nitrogen and oxygen atoms in total. The molecule has 0 bridgehead atoms. The SMILES string of the molecule is Nc1ccccc1.O=P(O)(O)O. The molecule has 0 amide bonds. The van der Waals surface area contributed by atoms with E-state index in [9.17, 15) is 0 Å². The Morgan fingerprint density at radius 2 is 1.42 bits per heavy atom. The minimum Gasteiger partial charge on any atom is -0.399 e. The summed E-state index contributed by atoms with van der Waals surface area (Å²) in [7, 11) is -4.64. The minimum absolute atomic E-state index is 0.822. The van der Waals surface area contributed by atoms with Crippen molar-refractivity contribution in [3.63, 3.8) is 0 Å². The highest BCUT2D eigenvalue weighted by atomic mass is 31.2. The summed E-state index contributed by atoms with van der Waals surface area (Å²) in [6.07, 6.45) is 0. The van der Waals surface area contributed by atoms with Gasteiger partial charge in [0.25, 0.3) is 0 Å². The fourth-order valence-electron chi connectivity index (χ4n) is 0.453. The zero-order valence-corrected chi connectivity index (χ0v) is 7.06. The smallest absolute Gasteiger partial charge is 0.399 e. The lowest BCUT2D eigenvalue weighted by atomic mass is 10.3. The van der Waals surface area contributed by atoms with Crippen LogP contribution in [0.5, 0.6) is 0 Å². The van der Waals surface area contributed by atoms with E-state index in [-0.39, 0.29) is 0 Å². The molecule has 0 aliphatic rings. The lowest BCUT2D eigenvalue weighted by Crippen LogP contribution is -1.79. The van der Waals surface area contributed by atoms with Crippen LogP contribution in [0.15, 0.2) is 30.3 Å². The average molecular weight is 191 g/mol. The lowest BCUT2D eigenvalue weighted by molar-refractivity contribution is 0.275. The van der Waals surface area contributed by atoms with E-state index >= 15 is 0 Å². The van der Waals surface area contributed by atoms with Crippen LogP contribution in [0.2, 0.25) is 0 Å². The fraction of sp³-hybridized carbons (Fsp3) is 0. The number of phosphoric acid groups is 1. The van der Waals surface area contributed by atoms with Gasteiger partial charge in [0.1, 0.15) is 0 Å². The summed E-state index contributed by atoms with van der Waals surface area (Å²) >= 11 is 0. The molecule has 0 aromatic heterocycles. The lowest BCUT2D eigenvalue weighted by Gasteiger charge is -1.83. The first kappa shape index (κ1) is 11.1. The van der Waals surface area contributed by atoms with Crippen molar-refractivity contribution in [3.05, 3.63) is 30.3 Å². The van der Waals surface area contributed by atoms with Gasteiger partial charge < -0.3 is 20.4 Å². The molecule has 0 spiro atoms. The maximum atomic E-state index is 8.88. The Morgan fingerprint density at radius 3 is 1.58 bits per heavy atom. The van der Waals surface area contributed by atoms with Crippen molar-refractivity contribution < 1.29 is 19.2 Å². The van der Waals surface area contributed by atoms with E-state index in [0.717, 1.165) is 5.69 Å². The fourth-order valence-corrected chi connectivity index (χ4v) is 0.453. The van der Waals surface area contributed by atoms with Crippen molar-refractivity contribution in [1.29, 1.82) is 0 Å². The van der Waals surface area contributed by atoms with E-state index in [2.05, 4.69) is 0 Å². The summed E-state index contributed by atoms with van der Waals surface area (Å²) in [6, 6.07) is 9.49. The van der Waals surface area contributed by atoms with Crippen molar-refractivity contribution in [3.8, 4) is 0 Å². The van der Waals surface area contributed by atoms with Crippen LogP contribution in [0.4, 0.5) is 5.69 Å². The Hall–Kier alpha value is -0.870. The molecule has 0 unspecified atom stereocenters. The van der Waals surface area contributed by atoms with E-state index < -0.39 is 7.82 Å². The number of hydrogen-bond donors (Lipinski definition) is 4. The van der Waals surface area contributed by atoms with Gasteiger partial charge in [0.15, 0.2) is 0 Å². The standard InChI is InChI=1S/C6H7N.H3O4P/c7-6-4-2-1-3-5-6;1-5(2,3)4/h1-5H,7H2;(H3,1,2,3,4). The molecular weight excluding hydrogens is 181 g/mol. The van der Waals surface area contributed by atoms with Crippen LogP contribution in [0.1, 0.15) is 0 Å². The summed E-state index contributed by atoms with van der Waals surface area (Å²) in [5, 5.41) is 0. The second-order valence-corrected chi connectivity index (χ2v) is 2.95. The van der Waals surface area contributed by atoms with Crippen LogP contribution in [0, 0.1) is 0 Å².